The highest BCUT2D eigenvalue weighted by Gasteiger charge is 2.00. The van der Waals surface area contributed by atoms with E-state index in [0.717, 1.165) is 13.0 Å². The highest BCUT2D eigenvalue weighted by molar-refractivity contribution is 7.09. The monoisotopic (exact) mass is 197 g/mol. The molecule has 0 saturated heterocycles. The fraction of sp³-hybridized carbons (Fsp3) is 0.444. The van der Waals surface area contributed by atoms with E-state index in [1.54, 1.807) is 11.3 Å². The van der Waals surface area contributed by atoms with E-state index in [2.05, 4.69) is 22.4 Å². The van der Waals surface area contributed by atoms with Crippen molar-refractivity contribution in [2.24, 2.45) is 5.73 Å². The Morgan fingerprint density at radius 3 is 3.00 bits per heavy atom. The van der Waals surface area contributed by atoms with E-state index in [1.165, 1.54) is 4.88 Å². The van der Waals surface area contributed by atoms with Gasteiger partial charge < -0.3 is 5.73 Å². The van der Waals surface area contributed by atoms with Gasteiger partial charge in [-0.05, 0) is 24.9 Å². The van der Waals surface area contributed by atoms with Gasteiger partial charge in [-0.25, -0.2) is 0 Å². The summed E-state index contributed by atoms with van der Waals surface area (Å²) < 4.78 is 0. The third-order valence-electron chi connectivity index (χ3n) is 1.76. The molecular formula is C9H15N3S. The Hall–Kier alpha value is -0.870. The molecule has 0 aromatic carbocycles. The largest absolute Gasteiger partial charge is 0.387 e. The summed E-state index contributed by atoms with van der Waals surface area (Å²) in [4.78, 5) is 3.44. The van der Waals surface area contributed by atoms with Crippen molar-refractivity contribution in [3.05, 3.63) is 22.4 Å². The minimum atomic E-state index is 0.230. The van der Waals surface area contributed by atoms with Crippen LogP contribution in [-0.4, -0.2) is 30.9 Å². The van der Waals surface area contributed by atoms with Crippen LogP contribution in [0.25, 0.3) is 0 Å². The second-order valence-corrected chi connectivity index (χ2v) is 4.12. The second-order valence-electron chi connectivity index (χ2n) is 3.09. The van der Waals surface area contributed by atoms with Crippen molar-refractivity contribution in [2.45, 2.75) is 6.42 Å². The molecule has 0 unspecified atom stereocenters. The van der Waals surface area contributed by atoms with Crippen molar-refractivity contribution in [1.29, 1.82) is 5.41 Å². The molecule has 0 spiro atoms. The Kier molecular flexibility index (Phi) is 3.92. The van der Waals surface area contributed by atoms with Gasteiger partial charge >= 0.3 is 0 Å². The molecule has 4 heteroatoms. The molecule has 0 amide bonds. The second kappa shape index (κ2) is 4.99. The van der Waals surface area contributed by atoms with Gasteiger partial charge in [-0.1, -0.05) is 6.07 Å². The number of hydrogen-bond donors (Lipinski definition) is 2. The lowest BCUT2D eigenvalue weighted by Gasteiger charge is -2.14. The first-order chi connectivity index (χ1) is 6.18. The fourth-order valence-electron chi connectivity index (χ4n) is 1.13. The molecule has 3 N–H and O–H groups in total. The van der Waals surface area contributed by atoms with Gasteiger partial charge in [0.1, 0.15) is 5.84 Å². The van der Waals surface area contributed by atoms with Crippen molar-refractivity contribution in [3.63, 3.8) is 0 Å². The molecule has 1 rings (SSSR count). The maximum Gasteiger partial charge on any atom is 0.105 e. The number of hydrogen-bond acceptors (Lipinski definition) is 3. The van der Waals surface area contributed by atoms with E-state index in [9.17, 15) is 0 Å². The molecule has 72 valence electrons. The van der Waals surface area contributed by atoms with E-state index in [-0.39, 0.29) is 5.84 Å². The van der Waals surface area contributed by atoms with Crippen molar-refractivity contribution < 1.29 is 0 Å². The van der Waals surface area contributed by atoms with Gasteiger partial charge in [0.25, 0.3) is 0 Å². The Labute approximate surface area is 82.7 Å². The minimum absolute atomic E-state index is 0.230. The minimum Gasteiger partial charge on any atom is -0.387 e. The zero-order valence-corrected chi connectivity index (χ0v) is 8.60. The quantitative estimate of drug-likeness (QED) is 0.549. The highest BCUT2D eigenvalue weighted by atomic mass is 32.1. The smallest absolute Gasteiger partial charge is 0.105 e. The van der Waals surface area contributed by atoms with Crippen LogP contribution in [0.1, 0.15) is 4.88 Å². The van der Waals surface area contributed by atoms with Gasteiger partial charge in [0.2, 0.25) is 0 Å². The predicted octanol–water partition coefficient (Wildman–Crippen LogP) is 1.16. The maximum absolute atomic E-state index is 7.12. The van der Waals surface area contributed by atoms with Crippen LogP contribution in [0.5, 0.6) is 0 Å². The summed E-state index contributed by atoms with van der Waals surface area (Å²) in [5, 5.41) is 9.20. The molecule has 0 radical (unpaired) electrons. The molecule has 0 bridgehead atoms. The average molecular weight is 197 g/mol. The summed E-state index contributed by atoms with van der Waals surface area (Å²) >= 11 is 1.77. The van der Waals surface area contributed by atoms with Crippen molar-refractivity contribution in [1.82, 2.24) is 4.90 Å². The normalized spacial score (nSPS) is 10.6. The van der Waals surface area contributed by atoms with Gasteiger partial charge in [-0.3, -0.25) is 10.3 Å². The Bertz CT molecular complexity index is 256. The first-order valence-corrected chi connectivity index (χ1v) is 5.10. The first-order valence-electron chi connectivity index (χ1n) is 4.22. The lowest BCUT2D eigenvalue weighted by Crippen LogP contribution is -2.31. The lowest BCUT2D eigenvalue weighted by molar-refractivity contribution is 0.385. The van der Waals surface area contributed by atoms with Crippen LogP contribution >= 0.6 is 11.3 Å². The molecule has 1 heterocycles. The summed E-state index contributed by atoms with van der Waals surface area (Å²) in [5.74, 6) is 0.230. The molecule has 0 aliphatic rings. The zero-order chi connectivity index (χ0) is 9.68. The van der Waals surface area contributed by atoms with E-state index in [1.807, 2.05) is 7.05 Å². The van der Waals surface area contributed by atoms with Crippen molar-refractivity contribution in [2.75, 3.05) is 20.1 Å². The SMILES string of the molecule is CN(CCc1cccs1)CC(=N)N. The van der Waals surface area contributed by atoms with Crippen molar-refractivity contribution in [3.8, 4) is 0 Å². The van der Waals surface area contributed by atoms with Crippen LogP contribution in [0, 0.1) is 5.41 Å². The standard InChI is InChI=1S/C9H15N3S/c1-12(7-9(10)11)5-4-8-3-2-6-13-8/h2-3,6H,4-5,7H2,1H3,(H3,10,11). The predicted molar refractivity (Wildman–Crippen MR) is 57.4 cm³/mol. The van der Waals surface area contributed by atoms with Crippen LogP contribution in [0.2, 0.25) is 0 Å². The van der Waals surface area contributed by atoms with Gasteiger partial charge in [-0.2, -0.15) is 0 Å². The summed E-state index contributed by atoms with van der Waals surface area (Å²) in [5.41, 5.74) is 5.29. The van der Waals surface area contributed by atoms with E-state index >= 15 is 0 Å². The topological polar surface area (TPSA) is 53.1 Å². The lowest BCUT2D eigenvalue weighted by atomic mass is 10.3. The van der Waals surface area contributed by atoms with Crippen LogP contribution in [0.15, 0.2) is 17.5 Å². The Balaban J connectivity index is 2.22. The molecule has 0 atom stereocenters. The number of likely N-dealkylation sites (N-methyl/N-ethyl adjacent to an activating group) is 1. The van der Waals surface area contributed by atoms with Crippen LogP contribution in [0.4, 0.5) is 0 Å². The number of thiophene rings is 1. The van der Waals surface area contributed by atoms with Crippen LogP contribution < -0.4 is 5.73 Å². The zero-order valence-electron chi connectivity index (χ0n) is 7.79. The molecule has 0 fully saturated rings. The molecule has 0 aliphatic heterocycles. The summed E-state index contributed by atoms with van der Waals surface area (Å²) in [6.45, 7) is 1.52. The van der Waals surface area contributed by atoms with E-state index in [4.69, 9.17) is 11.1 Å². The highest BCUT2D eigenvalue weighted by Crippen LogP contribution is 2.09. The van der Waals surface area contributed by atoms with Gasteiger partial charge in [0.15, 0.2) is 0 Å². The summed E-state index contributed by atoms with van der Waals surface area (Å²) in [7, 11) is 1.98. The molecule has 13 heavy (non-hydrogen) atoms. The molecule has 0 saturated carbocycles. The van der Waals surface area contributed by atoms with Gasteiger partial charge in [-0.15, -0.1) is 11.3 Å². The molecule has 3 nitrogen and oxygen atoms in total. The van der Waals surface area contributed by atoms with Gasteiger partial charge in [0.05, 0.1) is 6.54 Å². The van der Waals surface area contributed by atoms with E-state index in [0.29, 0.717) is 6.54 Å². The molecule has 1 aromatic rings. The summed E-state index contributed by atoms with van der Waals surface area (Å²) in [6, 6.07) is 4.19. The summed E-state index contributed by atoms with van der Waals surface area (Å²) in [6.07, 6.45) is 1.04. The molecular weight excluding hydrogens is 182 g/mol. The Morgan fingerprint density at radius 2 is 2.46 bits per heavy atom. The maximum atomic E-state index is 7.12. The Morgan fingerprint density at radius 1 is 1.69 bits per heavy atom. The van der Waals surface area contributed by atoms with Crippen molar-refractivity contribution >= 4 is 17.2 Å². The number of amidine groups is 1. The molecule has 0 aliphatic carbocycles. The third-order valence-corrected chi connectivity index (χ3v) is 2.70. The third kappa shape index (κ3) is 4.05. The van der Waals surface area contributed by atoms with Crippen LogP contribution in [0.3, 0.4) is 0 Å². The fourth-order valence-corrected chi connectivity index (χ4v) is 1.82. The van der Waals surface area contributed by atoms with Crippen LogP contribution in [-0.2, 0) is 6.42 Å². The first kappa shape index (κ1) is 10.2. The number of nitrogens with zero attached hydrogens (tertiary/aromatic N) is 1. The molecule has 1 aromatic heterocycles. The number of rotatable bonds is 5. The number of nitrogens with one attached hydrogen (secondary N) is 1. The average Bonchev–Trinajstić information content (AvgIpc) is 2.51. The van der Waals surface area contributed by atoms with Gasteiger partial charge in [0, 0.05) is 11.4 Å². The van der Waals surface area contributed by atoms with E-state index < -0.39 is 0 Å². The number of nitrogens with two attached hydrogens (primary N) is 1.